The van der Waals surface area contributed by atoms with Crippen molar-refractivity contribution in [2.75, 3.05) is 37.6 Å². The lowest BCUT2D eigenvalue weighted by Crippen LogP contribution is -2.48. The van der Waals surface area contributed by atoms with Crippen LogP contribution in [0.15, 0.2) is 18.3 Å². The van der Waals surface area contributed by atoms with Crippen molar-refractivity contribution in [3.8, 4) is 0 Å². The normalized spacial score (nSPS) is 16.7. The highest BCUT2D eigenvalue weighted by Crippen LogP contribution is 2.12. The summed E-state index contributed by atoms with van der Waals surface area (Å²) < 4.78 is 0. The van der Waals surface area contributed by atoms with E-state index in [1.54, 1.807) is 11.1 Å². The summed E-state index contributed by atoms with van der Waals surface area (Å²) in [5.74, 6) is 0.497. The Balaban J connectivity index is 1.83. The van der Waals surface area contributed by atoms with Crippen molar-refractivity contribution >= 4 is 17.6 Å². The number of amides is 2. The molecule has 2 rings (SSSR count). The van der Waals surface area contributed by atoms with Crippen molar-refractivity contribution in [2.24, 2.45) is 11.7 Å². The molecular formula is C16H26N6O2. The zero-order chi connectivity index (χ0) is 17.5. The SMILES string of the molecule is CC(C)[C@H](N)C(=O)NCC(=O)N1CCCN(c2cccnn2)CC1. The molecule has 0 unspecified atom stereocenters. The zero-order valence-electron chi connectivity index (χ0n) is 14.3. The average Bonchev–Trinajstić information content (AvgIpc) is 2.85. The Morgan fingerprint density at radius 1 is 1.29 bits per heavy atom. The van der Waals surface area contributed by atoms with Crippen LogP contribution < -0.4 is 16.0 Å². The van der Waals surface area contributed by atoms with Crippen LogP contribution in [0.2, 0.25) is 0 Å². The van der Waals surface area contributed by atoms with E-state index in [1.807, 2.05) is 26.0 Å². The first kappa shape index (κ1) is 18.1. The van der Waals surface area contributed by atoms with Gasteiger partial charge in [-0.2, -0.15) is 5.10 Å². The number of hydrogen-bond donors (Lipinski definition) is 2. The molecule has 1 aromatic heterocycles. The number of carbonyl (C=O) groups is 2. The third-order valence-electron chi connectivity index (χ3n) is 4.17. The van der Waals surface area contributed by atoms with E-state index in [0.717, 1.165) is 18.8 Å². The molecule has 1 saturated heterocycles. The fourth-order valence-electron chi connectivity index (χ4n) is 2.55. The van der Waals surface area contributed by atoms with Gasteiger partial charge >= 0.3 is 0 Å². The molecule has 3 N–H and O–H groups in total. The molecule has 132 valence electrons. The first-order valence-corrected chi connectivity index (χ1v) is 8.32. The molecule has 0 spiro atoms. The quantitative estimate of drug-likeness (QED) is 0.760. The number of hydrogen-bond acceptors (Lipinski definition) is 6. The minimum Gasteiger partial charge on any atom is -0.353 e. The highest BCUT2D eigenvalue weighted by Gasteiger charge is 2.22. The number of nitrogens with one attached hydrogen (secondary N) is 1. The first-order valence-electron chi connectivity index (χ1n) is 8.32. The third kappa shape index (κ3) is 4.89. The molecule has 2 heterocycles. The van der Waals surface area contributed by atoms with Crippen LogP contribution >= 0.6 is 0 Å². The molecular weight excluding hydrogens is 308 g/mol. The molecule has 8 heteroatoms. The molecule has 0 bridgehead atoms. The van der Waals surface area contributed by atoms with Gasteiger partial charge in [0.1, 0.15) is 0 Å². The molecule has 8 nitrogen and oxygen atoms in total. The van der Waals surface area contributed by atoms with Gasteiger partial charge in [0.05, 0.1) is 12.6 Å². The number of rotatable bonds is 5. The van der Waals surface area contributed by atoms with E-state index < -0.39 is 6.04 Å². The molecule has 1 aliphatic rings. The van der Waals surface area contributed by atoms with Gasteiger partial charge in [-0.1, -0.05) is 13.8 Å². The van der Waals surface area contributed by atoms with Gasteiger partial charge in [0, 0.05) is 32.4 Å². The number of nitrogens with two attached hydrogens (primary N) is 1. The predicted octanol–water partition coefficient (Wildman–Crippen LogP) is -0.385. The van der Waals surface area contributed by atoms with Crippen LogP contribution in [0, 0.1) is 5.92 Å². The predicted molar refractivity (Wildman–Crippen MR) is 91.3 cm³/mol. The fraction of sp³-hybridized carbons (Fsp3) is 0.625. The lowest BCUT2D eigenvalue weighted by molar-refractivity contribution is -0.133. The summed E-state index contributed by atoms with van der Waals surface area (Å²) in [7, 11) is 0. The summed E-state index contributed by atoms with van der Waals surface area (Å²) in [6, 6.07) is 3.18. The van der Waals surface area contributed by atoms with Crippen LogP contribution in [0.4, 0.5) is 5.82 Å². The smallest absolute Gasteiger partial charge is 0.242 e. The van der Waals surface area contributed by atoms with E-state index in [-0.39, 0.29) is 24.3 Å². The first-order chi connectivity index (χ1) is 11.5. The summed E-state index contributed by atoms with van der Waals surface area (Å²) in [4.78, 5) is 28.1. The van der Waals surface area contributed by atoms with Gasteiger partial charge in [-0.15, -0.1) is 5.10 Å². The molecule has 1 fully saturated rings. The van der Waals surface area contributed by atoms with E-state index in [9.17, 15) is 9.59 Å². The van der Waals surface area contributed by atoms with Crippen LogP contribution in [0.5, 0.6) is 0 Å². The van der Waals surface area contributed by atoms with E-state index in [4.69, 9.17) is 5.73 Å². The van der Waals surface area contributed by atoms with Gasteiger partial charge in [-0.05, 0) is 24.5 Å². The highest BCUT2D eigenvalue weighted by atomic mass is 16.2. The minimum atomic E-state index is -0.589. The Hall–Kier alpha value is -2.22. The highest BCUT2D eigenvalue weighted by molar-refractivity contribution is 5.87. The van der Waals surface area contributed by atoms with Gasteiger partial charge in [0.15, 0.2) is 5.82 Å². The lowest BCUT2D eigenvalue weighted by Gasteiger charge is -2.23. The summed E-state index contributed by atoms with van der Waals surface area (Å²) in [5.41, 5.74) is 5.78. The van der Waals surface area contributed by atoms with Gasteiger partial charge in [-0.25, -0.2) is 0 Å². The van der Waals surface area contributed by atoms with Crippen LogP contribution in [0.25, 0.3) is 0 Å². The fourth-order valence-corrected chi connectivity index (χ4v) is 2.55. The summed E-state index contributed by atoms with van der Waals surface area (Å²) in [6.45, 7) is 6.54. The molecule has 0 saturated carbocycles. The van der Waals surface area contributed by atoms with E-state index in [2.05, 4.69) is 20.4 Å². The molecule has 24 heavy (non-hydrogen) atoms. The van der Waals surface area contributed by atoms with Crippen molar-refractivity contribution in [3.63, 3.8) is 0 Å². The molecule has 1 aliphatic heterocycles. The Morgan fingerprint density at radius 2 is 2.08 bits per heavy atom. The van der Waals surface area contributed by atoms with Crippen molar-refractivity contribution in [2.45, 2.75) is 26.3 Å². The zero-order valence-corrected chi connectivity index (χ0v) is 14.3. The molecule has 1 atom stereocenters. The van der Waals surface area contributed by atoms with Crippen LogP contribution in [0.3, 0.4) is 0 Å². The number of nitrogens with zero attached hydrogens (tertiary/aromatic N) is 4. The van der Waals surface area contributed by atoms with Gasteiger partial charge in [0.25, 0.3) is 0 Å². The Labute approximate surface area is 142 Å². The van der Waals surface area contributed by atoms with Crippen LogP contribution in [-0.2, 0) is 9.59 Å². The largest absolute Gasteiger partial charge is 0.353 e. The van der Waals surface area contributed by atoms with Crippen molar-refractivity contribution in [3.05, 3.63) is 18.3 Å². The van der Waals surface area contributed by atoms with E-state index >= 15 is 0 Å². The van der Waals surface area contributed by atoms with Crippen LogP contribution in [0.1, 0.15) is 20.3 Å². The minimum absolute atomic E-state index is 0.00953. The Kier molecular flexibility index (Phi) is 6.48. The van der Waals surface area contributed by atoms with E-state index in [1.165, 1.54) is 0 Å². The second-order valence-electron chi connectivity index (χ2n) is 6.29. The van der Waals surface area contributed by atoms with Crippen molar-refractivity contribution in [1.29, 1.82) is 0 Å². The second-order valence-corrected chi connectivity index (χ2v) is 6.29. The summed E-state index contributed by atoms with van der Waals surface area (Å²) >= 11 is 0. The van der Waals surface area contributed by atoms with Crippen LogP contribution in [-0.4, -0.2) is 65.7 Å². The average molecular weight is 334 g/mol. The molecule has 2 amide bonds. The van der Waals surface area contributed by atoms with Gasteiger partial charge in [-0.3, -0.25) is 9.59 Å². The molecule has 0 radical (unpaired) electrons. The second kappa shape index (κ2) is 8.58. The number of anilines is 1. The maximum Gasteiger partial charge on any atom is 0.242 e. The molecule has 0 aromatic carbocycles. The lowest BCUT2D eigenvalue weighted by atomic mass is 10.1. The number of carbonyl (C=O) groups excluding carboxylic acids is 2. The molecule has 1 aromatic rings. The number of aromatic nitrogens is 2. The Bertz CT molecular complexity index is 551. The van der Waals surface area contributed by atoms with Crippen molar-refractivity contribution in [1.82, 2.24) is 20.4 Å². The monoisotopic (exact) mass is 334 g/mol. The Morgan fingerprint density at radius 3 is 2.75 bits per heavy atom. The van der Waals surface area contributed by atoms with Crippen molar-refractivity contribution < 1.29 is 9.59 Å². The summed E-state index contributed by atoms with van der Waals surface area (Å²) in [5, 5.41) is 10.6. The maximum atomic E-state index is 12.3. The summed E-state index contributed by atoms with van der Waals surface area (Å²) in [6.07, 6.45) is 2.49. The maximum absolute atomic E-state index is 12.3. The topological polar surface area (TPSA) is 104 Å². The van der Waals surface area contributed by atoms with Gasteiger partial charge in [0.2, 0.25) is 11.8 Å². The van der Waals surface area contributed by atoms with Gasteiger partial charge < -0.3 is 20.9 Å². The van der Waals surface area contributed by atoms with E-state index in [0.29, 0.717) is 19.6 Å². The third-order valence-corrected chi connectivity index (χ3v) is 4.17. The molecule has 0 aliphatic carbocycles. The standard InChI is InChI=1S/C16H26N6O2/c1-12(2)15(17)16(24)18-11-14(23)22-8-4-7-21(9-10-22)13-5-3-6-19-20-13/h3,5-6,12,15H,4,7-11,17H2,1-2H3,(H,18,24)/t15-/m0/s1.